The number of aromatic nitrogens is 1. The number of hydrogen-bond donors (Lipinski definition) is 2. The molecule has 0 aliphatic heterocycles. The molecule has 0 saturated heterocycles. The van der Waals surface area contributed by atoms with E-state index in [0.29, 0.717) is 33.8 Å². The molecule has 4 rings (SSSR count). The van der Waals surface area contributed by atoms with Crippen molar-refractivity contribution >= 4 is 29.0 Å². The monoisotopic (exact) mass is 411 g/mol. The van der Waals surface area contributed by atoms with Crippen LogP contribution in [-0.4, -0.2) is 22.5 Å². The molecule has 154 valence electrons. The van der Waals surface area contributed by atoms with Crippen molar-refractivity contribution in [2.24, 2.45) is 5.92 Å². The molecule has 0 fully saturated rings. The molecule has 1 aliphatic rings. The number of Topliss-reactive ketones (excluding diaryl/α,β-unsaturated/α-hetero) is 2. The minimum Gasteiger partial charge on any atom is -0.352 e. The molecule has 1 heterocycles. The Morgan fingerprint density at radius 2 is 1.48 bits per heavy atom. The molecule has 0 atom stereocenters. The van der Waals surface area contributed by atoms with E-state index in [4.69, 9.17) is 0 Å². The zero-order chi connectivity index (χ0) is 22.0. The lowest BCUT2D eigenvalue weighted by molar-refractivity contribution is 0.0968. The summed E-state index contributed by atoms with van der Waals surface area (Å²) in [6, 6.07) is 18.8. The van der Waals surface area contributed by atoms with E-state index >= 15 is 0 Å². The summed E-state index contributed by atoms with van der Waals surface area (Å²) in [6.07, 6.45) is 1.60. The molecular formula is C25H21N3O3. The van der Waals surface area contributed by atoms with Crippen molar-refractivity contribution in [3.63, 3.8) is 0 Å². The molecule has 1 amide bonds. The summed E-state index contributed by atoms with van der Waals surface area (Å²) in [5.74, 6) is -0.303. The number of fused-ring (bicyclic) bond motifs is 1. The van der Waals surface area contributed by atoms with Gasteiger partial charge in [0.1, 0.15) is 5.82 Å². The predicted molar refractivity (Wildman–Crippen MR) is 119 cm³/mol. The fraction of sp³-hybridized carbons (Fsp3) is 0.120. The quantitative estimate of drug-likeness (QED) is 0.633. The molecule has 3 aromatic rings. The predicted octanol–water partition coefficient (Wildman–Crippen LogP) is 4.74. The fourth-order valence-corrected chi connectivity index (χ4v) is 3.54. The summed E-state index contributed by atoms with van der Waals surface area (Å²) in [5, 5.41) is 5.84. The fourth-order valence-electron chi connectivity index (χ4n) is 3.54. The van der Waals surface area contributed by atoms with Crippen LogP contribution in [0.1, 0.15) is 44.9 Å². The van der Waals surface area contributed by atoms with Gasteiger partial charge in [-0.25, -0.2) is 4.98 Å². The van der Waals surface area contributed by atoms with Crippen molar-refractivity contribution in [2.75, 3.05) is 10.6 Å². The third-order valence-corrected chi connectivity index (χ3v) is 5.06. The first kappa shape index (κ1) is 20.2. The number of anilines is 2. The van der Waals surface area contributed by atoms with E-state index in [1.54, 1.807) is 72.9 Å². The minimum atomic E-state index is -0.287. The SMILES string of the molecule is CC(C)C1=C(Nc2ccc(C(=O)Nc3ccccn3)cc2)C(=O)c2ccccc2C1=O. The van der Waals surface area contributed by atoms with Crippen LogP contribution in [0.2, 0.25) is 0 Å². The van der Waals surface area contributed by atoms with Gasteiger partial charge in [-0.2, -0.15) is 0 Å². The Labute approximate surface area is 180 Å². The van der Waals surface area contributed by atoms with Gasteiger partial charge in [-0.05, 0) is 42.3 Å². The molecule has 1 aromatic heterocycles. The largest absolute Gasteiger partial charge is 0.352 e. The van der Waals surface area contributed by atoms with Gasteiger partial charge >= 0.3 is 0 Å². The van der Waals surface area contributed by atoms with Crippen LogP contribution in [0.15, 0.2) is 84.2 Å². The van der Waals surface area contributed by atoms with Gasteiger partial charge in [0.2, 0.25) is 5.78 Å². The zero-order valence-electron chi connectivity index (χ0n) is 17.2. The van der Waals surface area contributed by atoms with Crippen molar-refractivity contribution in [1.82, 2.24) is 4.98 Å². The Morgan fingerprint density at radius 3 is 2.10 bits per heavy atom. The lowest BCUT2D eigenvalue weighted by atomic mass is 9.82. The second-order valence-corrected chi connectivity index (χ2v) is 7.52. The summed E-state index contributed by atoms with van der Waals surface area (Å²) in [7, 11) is 0. The Hall–Kier alpha value is -4.06. The number of nitrogens with zero attached hydrogens (tertiary/aromatic N) is 1. The third-order valence-electron chi connectivity index (χ3n) is 5.06. The molecule has 31 heavy (non-hydrogen) atoms. The summed E-state index contributed by atoms with van der Waals surface area (Å²) in [5.41, 5.74) is 2.63. The van der Waals surface area contributed by atoms with Crippen molar-refractivity contribution < 1.29 is 14.4 Å². The first-order valence-electron chi connectivity index (χ1n) is 9.97. The first-order chi connectivity index (χ1) is 15.0. The van der Waals surface area contributed by atoms with Crippen LogP contribution in [0.25, 0.3) is 0 Å². The maximum atomic E-state index is 13.1. The normalized spacial score (nSPS) is 13.3. The van der Waals surface area contributed by atoms with Crippen molar-refractivity contribution in [3.8, 4) is 0 Å². The smallest absolute Gasteiger partial charge is 0.256 e. The van der Waals surface area contributed by atoms with Gasteiger partial charge in [0.15, 0.2) is 5.78 Å². The van der Waals surface area contributed by atoms with Crippen LogP contribution < -0.4 is 10.6 Å². The Kier molecular flexibility index (Phi) is 5.45. The second kappa shape index (κ2) is 8.36. The van der Waals surface area contributed by atoms with E-state index in [2.05, 4.69) is 15.6 Å². The number of pyridine rings is 1. The summed E-state index contributed by atoms with van der Waals surface area (Å²) >= 11 is 0. The molecule has 2 aromatic carbocycles. The standard InChI is InChI=1S/C25H21N3O3/c1-15(2)21-22(24(30)19-8-4-3-7-18(19)23(21)29)27-17-12-10-16(11-13-17)25(31)28-20-9-5-6-14-26-20/h3-15,27H,1-2H3,(H,26,28,31). The van der Waals surface area contributed by atoms with Gasteiger partial charge in [0.05, 0.1) is 5.70 Å². The van der Waals surface area contributed by atoms with Gasteiger partial charge < -0.3 is 10.6 Å². The maximum absolute atomic E-state index is 13.1. The number of rotatable bonds is 5. The van der Waals surface area contributed by atoms with Gasteiger partial charge in [0, 0.05) is 34.1 Å². The highest BCUT2D eigenvalue weighted by molar-refractivity contribution is 6.27. The number of benzene rings is 2. The van der Waals surface area contributed by atoms with E-state index in [0.717, 1.165) is 0 Å². The molecule has 0 bridgehead atoms. The number of nitrogens with one attached hydrogen (secondary N) is 2. The number of carbonyl (C=O) groups excluding carboxylic acids is 3. The highest BCUT2D eigenvalue weighted by Gasteiger charge is 2.33. The zero-order valence-corrected chi connectivity index (χ0v) is 17.2. The average molecular weight is 411 g/mol. The van der Waals surface area contributed by atoms with Gasteiger partial charge in [-0.3, -0.25) is 14.4 Å². The van der Waals surface area contributed by atoms with E-state index < -0.39 is 0 Å². The highest BCUT2D eigenvalue weighted by Crippen LogP contribution is 2.31. The van der Waals surface area contributed by atoms with E-state index in [1.165, 1.54) is 0 Å². The number of ketones is 2. The molecule has 0 unspecified atom stereocenters. The van der Waals surface area contributed by atoms with Crippen LogP contribution >= 0.6 is 0 Å². The van der Waals surface area contributed by atoms with E-state index in [-0.39, 0.29) is 29.1 Å². The molecule has 6 nitrogen and oxygen atoms in total. The molecule has 2 N–H and O–H groups in total. The Bertz CT molecular complexity index is 1200. The molecular weight excluding hydrogens is 390 g/mol. The van der Waals surface area contributed by atoms with Crippen molar-refractivity contribution in [1.29, 1.82) is 0 Å². The summed E-state index contributed by atoms with van der Waals surface area (Å²) in [4.78, 5) is 42.6. The van der Waals surface area contributed by atoms with Crippen LogP contribution in [0.4, 0.5) is 11.5 Å². The maximum Gasteiger partial charge on any atom is 0.256 e. The number of hydrogen-bond acceptors (Lipinski definition) is 5. The molecule has 1 aliphatic carbocycles. The number of amides is 1. The topological polar surface area (TPSA) is 88.2 Å². The lowest BCUT2D eigenvalue weighted by Gasteiger charge is -2.24. The number of carbonyl (C=O) groups is 3. The Morgan fingerprint density at radius 1 is 0.839 bits per heavy atom. The van der Waals surface area contributed by atoms with Crippen LogP contribution in [0, 0.1) is 5.92 Å². The molecule has 6 heteroatoms. The van der Waals surface area contributed by atoms with Crippen LogP contribution in [-0.2, 0) is 0 Å². The first-order valence-corrected chi connectivity index (χ1v) is 9.97. The average Bonchev–Trinajstić information content (AvgIpc) is 2.78. The lowest BCUT2D eigenvalue weighted by Crippen LogP contribution is -2.28. The molecule has 0 radical (unpaired) electrons. The third kappa shape index (κ3) is 4.00. The van der Waals surface area contributed by atoms with E-state index in [9.17, 15) is 14.4 Å². The van der Waals surface area contributed by atoms with Crippen molar-refractivity contribution in [3.05, 3.63) is 101 Å². The van der Waals surface area contributed by atoms with Gasteiger partial charge in [-0.1, -0.05) is 44.2 Å². The van der Waals surface area contributed by atoms with Crippen LogP contribution in [0.5, 0.6) is 0 Å². The van der Waals surface area contributed by atoms with Gasteiger partial charge in [0.25, 0.3) is 5.91 Å². The van der Waals surface area contributed by atoms with Gasteiger partial charge in [-0.15, -0.1) is 0 Å². The van der Waals surface area contributed by atoms with Crippen molar-refractivity contribution in [2.45, 2.75) is 13.8 Å². The minimum absolute atomic E-state index is 0.129. The second-order valence-electron chi connectivity index (χ2n) is 7.52. The summed E-state index contributed by atoms with van der Waals surface area (Å²) < 4.78 is 0. The number of allylic oxidation sites excluding steroid dienone is 2. The molecule has 0 saturated carbocycles. The Balaban J connectivity index is 1.59. The summed E-state index contributed by atoms with van der Waals surface area (Å²) in [6.45, 7) is 3.78. The van der Waals surface area contributed by atoms with E-state index in [1.807, 2.05) is 13.8 Å². The highest BCUT2D eigenvalue weighted by atomic mass is 16.2. The van der Waals surface area contributed by atoms with Crippen LogP contribution in [0.3, 0.4) is 0 Å². The molecule has 0 spiro atoms.